The third kappa shape index (κ3) is 3.29. The second kappa shape index (κ2) is 5.16. The highest BCUT2D eigenvalue weighted by molar-refractivity contribution is 5.95. The molecule has 1 amide bonds. The molecule has 0 radical (unpaired) electrons. The molecule has 1 N–H and O–H groups in total. The number of halogens is 3. The standard InChI is InChI=1S/C14H15F3N2O/c1-8-9(19-12(20)13(2,3)4)6-7-10(18-5)11(8)14(15,16)17/h6-7H,1-4H3,(H,19,20). The Bertz CT molecular complexity index is 578. The van der Waals surface area contributed by atoms with Gasteiger partial charge in [-0.1, -0.05) is 26.8 Å². The summed E-state index contributed by atoms with van der Waals surface area (Å²) >= 11 is 0. The minimum atomic E-state index is -4.63. The Balaban J connectivity index is 3.34. The van der Waals surface area contributed by atoms with Crippen LogP contribution in [0.4, 0.5) is 24.5 Å². The molecule has 20 heavy (non-hydrogen) atoms. The summed E-state index contributed by atoms with van der Waals surface area (Å²) in [4.78, 5) is 14.7. The van der Waals surface area contributed by atoms with Gasteiger partial charge in [0, 0.05) is 11.1 Å². The number of anilines is 1. The van der Waals surface area contributed by atoms with E-state index >= 15 is 0 Å². The Hall–Kier alpha value is -2.03. The van der Waals surface area contributed by atoms with Gasteiger partial charge in [0.25, 0.3) is 0 Å². The molecule has 0 fully saturated rings. The molecule has 0 unspecified atom stereocenters. The quantitative estimate of drug-likeness (QED) is 0.754. The van der Waals surface area contributed by atoms with Crippen molar-refractivity contribution in [2.45, 2.75) is 33.9 Å². The van der Waals surface area contributed by atoms with Crippen molar-refractivity contribution in [2.24, 2.45) is 5.41 Å². The SMILES string of the molecule is [C-]#[N+]c1ccc(NC(=O)C(C)(C)C)c(C)c1C(F)(F)F. The van der Waals surface area contributed by atoms with Crippen LogP contribution in [-0.2, 0) is 11.0 Å². The summed E-state index contributed by atoms with van der Waals surface area (Å²) in [7, 11) is 0. The van der Waals surface area contributed by atoms with E-state index in [1.165, 1.54) is 13.0 Å². The van der Waals surface area contributed by atoms with Crippen molar-refractivity contribution in [3.05, 3.63) is 34.7 Å². The summed E-state index contributed by atoms with van der Waals surface area (Å²) < 4.78 is 39.0. The Kier molecular flexibility index (Phi) is 4.13. The van der Waals surface area contributed by atoms with E-state index in [1.807, 2.05) is 0 Å². The van der Waals surface area contributed by atoms with Gasteiger partial charge in [-0.25, -0.2) is 4.85 Å². The third-order valence-corrected chi connectivity index (χ3v) is 2.78. The Morgan fingerprint density at radius 1 is 1.25 bits per heavy atom. The number of alkyl halides is 3. The van der Waals surface area contributed by atoms with Gasteiger partial charge < -0.3 is 5.32 Å². The first-order valence-electron chi connectivity index (χ1n) is 5.88. The first kappa shape index (κ1) is 16.0. The van der Waals surface area contributed by atoms with Crippen LogP contribution < -0.4 is 5.32 Å². The maximum absolute atomic E-state index is 13.0. The molecule has 0 saturated carbocycles. The molecule has 0 heterocycles. The van der Waals surface area contributed by atoms with Crippen molar-refractivity contribution in [3.63, 3.8) is 0 Å². The molecule has 6 heteroatoms. The lowest BCUT2D eigenvalue weighted by Crippen LogP contribution is -2.28. The normalized spacial score (nSPS) is 11.9. The van der Waals surface area contributed by atoms with Crippen LogP contribution in [-0.4, -0.2) is 5.91 Å². The number of nitrogens with one attached hydrogen (secondary N) is 1. The van der Waals surface area contributed by atoms with Gasteiger partial charge in [0.05, 0.1) is 12.1 Å². The number of benzene rings is 1. The van der Waals surface area contributed by atoms with E-state index in [0.717, 1.165) is 6.07 Å². The smallest absolute Gasteiger partial charge is 0.325 e. The van der Waals surface area contributed by atoms with Crippen molar-refractivity contribution in [2.75, 3.05) is 5.32 Å². The zero-order valence-electron chi connectivity index (χ0n) is 11.6. The van der Waals surface area contributed by atoms with E-state index in [9.17, 15) is 18.0 Å². The van der Waals surface area contributed by atoms with E-state index in [2.05, 4.69) is 10.2 Å². The van der Waals surface area contributed by atoms with Crippen LogP contribution in [0.3, 0.4) is 0 Å². The van der Waals surface area contributed by atoms with Crippen LogP contribution in [0.15, 0.2) is 12.1 Å². The minimum absolute atomic E-state index is 0.0738. The van der Waals surface area contributed by atoms with E-state index in [0.29, 0.717) is 0 Å². The summed E-state index contributed by atoms with van der Waals surface area (Å²) in [5.41, 5.74) is -2.26. The predicted molar refractivity (Wildman–Crippen MR) is 70.5 cm³/mol. The summed E-state index contributed by atoms with van der Waals surface area (Å²) in [5, 5.41) is 2.47. The fourth-order valence-electron chi connectivity index (χ4n) is 1.59. The summed E-state index contributed by atoms with van der Waals surface area (Å²) in [5.74, 6) is -0.385. The fourth-order valence-corrected chi connectivity index (χ4v) is 1.59. The molecule has 0 saturated heterocycles. The number of carbonyl (C=O) groups is 1. The molecule has 0 aliphatic rings. The molecule has 3 nitrogen and oxygen atoms in total. The van der Waals surface area contributed by atoms with Gasteiger partial charge in [0.2, 0.25) is 5.91 Å². The number of hydrogen-bond donors (Lipinski definition) is 1. The van der Waals surface area contributed by atoms with Gasteiger partial charge in [-0.2, -0.15) is 13.2 Å². The molecule has 0 aliphatic heterocycles. The molecule has 0 aromatic heterocycles. The average Bonchev–Trinajstić information content (AvgIpc) is 2.28. The number of amides is 1. The number of rotatable bonds is 1. The molecular formula is C14H15F3N2O. The second-order valence-corrected chi connectivity index (χ2v) is 5.45. The van der Waals surface area contributed by atoms with Crippen molar-refractivity contribution in [1.29, 1.82) is 0 Å². The minimum Gasteiger partial charge on any atom is -0.325 e. The molecule has 108 valence electrons. The largest absolute Gasteiger partial charge is 0.407 e. The fraction of sp³-hybridized carbons (Fsp3) is 0.429. The molecule has 1 aromatic carbocycles. The number of hydrogen-bond acceptors (Lipinski definition) is 1. The van der Waals surface area contributed by atoms with E-state index in [-0.39, 0.29) is 17.2 Å². The van der Waals surface area contributed by atoms with Crippen molar-refractivity contribution in [3.8, 4) is 0 Å². The molecule has 1 rings (SSSR count). The Morgan fingerprint density at radius 2 is 1.80 bits per heavy atom. The maximum Gasteiger partial charge on any atom is 0.407 e. The Labute approximate surface area is 115 Å². The van der Waals surface area contributed by atoms with Crippen molar-refractivity contribution >= 4 is 17.3 Å². The summed E-state index contributed by atoms with van der Waals surface area (Å²) in [6, 6.07) is 2.39. The maximum atomic E-state index is 13.0. The first-order valence-corrected chi connectivity index (χ1v) is 5.88. The average molecular weight is 284 g/mol. The van der Waals surface area contributed by atoms with E-state index < -0.39 is 22.8 Å². The van der Waals surface area contributed by atoms with Gasteiger partial charge in [0.15, 0.2) is 5.69 Å². The number of nitrogens with zero attached hydrogens (tertiary/aromatic N) is 1. The highest BCUT2D eigenvalue weighted by atomic mass is 19.4. The lowest BCUT2D eigenvalue weighted by molar-refractivity contribution is -0.137. The van der Waals surface area contributed by atoms with Gasteiger partial charge in [-0.3, -0.25) is 4.79 Å². The Morgan fingerprint density at radius 3 is 2.20 bits per heavy atom. The second-order valence-electron chi connectivity index (χ2n) is 5.45. The highest BCUT2D eigenvalue weighted by Crippen LogP contribution is 2.41. The van der Waals surface area contributed by atoms with Gasteiger partial charge in [0.1, 0.15) is 0 Å². The van der Waals surface area contributed by atoms with Crippen LogP contribution in [0.1, 0.15) is 31.9 Å². The third-order valence-electron chi connectivity index (χ3n) is 2.78. The van der Waals surface area contributed by atoms with Crippen LogP contribution >= 0.6 is 0 Å². The topological polar surface area (TPSA) is 33.5 Å². The monoisotopic (exact) mass is 284 g/mol. The molecule has 0 bridgehead atoms. The molecular weight excluding hydrogens is 269 g/mol. The molecule has 0 spiro atoms. The van der Waals surface area contributed by atoms with Gasteiger partial charge in [-0.15, -0.1) is 0 Å². The zero-order chi connectivity index (χ0) is 15.7. The summed E-state index contributed by atoms with van der Waals surface area (Å²) in [6.07, 6.45) is -4.63. The highest BCUT2D eigenvalue weighted by Gasteiger charge is 2.36. The van der Waals surface area contributed by atoms with Gasteiger partial charge in [-0.05, 0) is 18.6 Å². The number of carbonyl (C=O) groups excluding carboxylic acids is 1. The van der Waals surface area contributed by atoms with Crippen LogP contribution in [0.5, 0.6) is 0 Å². The molecule has 1 aromatic rings. The van der Waals surface area contributed by atoms with Crippen molar-refractivity contribution < 1.29 is 18.0 Å². The van der Waals surface area contributed by atoms with Gasteiger partial charge >= 0.3 is 6.18 Å². The summed E-state index contributed by atoms with van der Waals surface area (Å²) in [6.45, 7) is 13.0. The predicted octanol–water partition coefficient (Wildman–Crippen LogP) is 4.55. The van der Waals surface area contributed by atoms with Crippen LogP contribution in [0.25, 0.3) is 4.85 Å². The van der Waals surface area contributed by atoms with E-state index in [1.54, 1.807) is 20.8 Å². The lowest BCUT2D eigenvalue weighted by atomic mass is 9.95. The molecule has 0 aliphatic carbocycles. The lowest BCUT2D eigenvalue weighted by Gasteiger charge is -2.21. The first-order chi connectivity index (χ1) is 8.98. The van der Waals surface area contributed by atoms with E-state index in [4.69, 9.17) is 6.57 Å². The van der Waals surface area contributed by atoms with Crippen LogP contribution in [0, 0.1) is 18.9 Å². The zero-order valence-corrected chi connectivity index (χ0v) is 11.6. The van der Waals surface area contributed by atoms with Crippen molar-refractivity contribution in [1.82, 2.24) is 0 Å². The van der Waals surface area contributed by atoms with Crippen LogP contribution in [0.2, 0.25) is 0 Å². The molecule has 0 atom stereocenters.